The largest absolute Gasteiger partial charge is 0.465 e. The van der Waals surface area contributed by atoms with Gasteiger partial charge < -0.3 is 9.84 Å². The van der Waals surface area contributed by atoms with E-state index >= 15 is 0 Å². The van der Waals surface area contributed by atoms with Crippen molar-refractivity contribution in [1.82, 2.24) is 10.6 Å². The summed E-state index contributed by atoms with van der Waals surface area (Å²) >= 11 is 0. The molecule has 1 fully saturated rings. The van der Waals surface area contributed by atoms with Crippen molar-refractivity contribution >= 4 is 6.09 Å². The first-order valence-corrected chi connectivity index (χ1v) is 2.63. The van der Waals surface area contributed by atoms with E-state index in [9.17, 15) is 4.79 Å². The molecule has 1 rings (SSSR count). The second-order valence-electron chi connectivity index (χ2n) is 1.65. The van der Waals surface area contributed by atoms with Gasteiger partial charge in [-0.25, -0.2) is 4.79 Å². The van der Waals surface area contributed by atoms with Crippen LogP contribution in [0.15, 0.2) is 0 Å². The Bertz CT molecular complexity index is 110. The highest BCUT2D eigenvalue weighted by atomic mass is 16.5. The van der Waals surface area contributed by atoms with E-state index in [1.165, 1.54) is 0 Å². The van der Waals surface area contributed by atoms with Crippen LogP contribution in [0.1, 0.15) is 0 Å². The standard InChI is InChI=1S/C4H8N2O3/c7-4(8)6-3-5-1-2-9-3/h3,5-6H,1-2H2,(H,7,8). The average molecular weight is 132 g/mol. The van der Waals surface area contributed by atoms with Gasteiger partial charge in [0.2, 0.25) is 0 Å². The fourth-order valence-corrected chi connectivity index (χ4v) is 0.631. The van der Waals surface area contributed by atoms with Gasteiger partial charge in [-0.1, -0.05) is 0 Å². The highest BCUT2D eigenvalue weighted by Crippen LogP contribution is 1.89. The van der Waals surface area contributed by atoms with Crippen molar-refractivity contribution < 1.29 is 14.6 Å². The molecule has 0 aromatic heterocycles. The molecule has 1 aliphatic heterocycles. The molecule has 1 aliphatic rings. The van der Waals surface area contributed by atoms with Gasteiger partial charge in [0.15, 0.2) is 6.35 Å². The topological polar surface area (TPSA) is 70.6 Å². The number of ether oxygens (including phenoxy) is 1. The van der Waals surface area contributed by atoms with Crippen molar-refractivity contribution in [3.05, 3.63) is 0 Å². The Hall–Kier alpha value is -0.810. The van der Waals surface area contributed by atoms with Crippen molar-refractivity contribution in [3.63, 3.8) is 0 Å². The molecule has 1 atom stereocenters. The summed E-state index contributed by atoms with van der Waals surface area (Å²) in [6, 6.07) is 0. The van der Waals surface area contributed by atoms with Gasteiger partial charge in [0.05, 0.1) is 6.61 Å². The maximum atomic E-state index is 9.92. The van der Waals surface area contributed by atoms with Gasteiger partial charge in [-0.15, -0.1) is 0 Å². The fraction of sp³-hybridized carbons (Fsp3) is 0.750. The first-order chi connectivity index (χ1) is 4.29. The van der Waals surface area contributed by atoms with Crippen LogP contribution in [0.25, 0.3) is 0 Å². The monoisotopic (exact) mass is 132 g/mol. The first kappa shape index (κ1) is 6.31. The Balaban J connectivity index is 2.19. The molecular weight excluding hydrogens is 124 g/mol. The van der Waals surface area contributed by atoms with Crippen LogP contribution in [-0.2, 0) is 4.74 Å². The van der Waals surface area contributed by atoms with Gasteiger partial charge in [0.25, 0.3) is 0 Å². The van der Waals surface area contributed by atoms with Crippen molar-refractivity contribution in [2.45, 2.75) is 6.35 Å². The van der Waals surface area contributed by atoms with Gasteiger partial charge in [0, 0.05) is 6.54 Å². The van der Waals surface area contributed by atoms with Crippen LogP contribution in [0.3, 0.4) is 0 Å². The number of rotatable bonds is 1. The summed E-state index contributed by atoms with van der Waals surface area (Å²) in [6.07, 6.45) is -1.59. The molecule has 0 spiro atoms. The molecule has 0 bridgehead atoms. The lowest BCUT2D eigenvalue weighted by Gasteiger charge is -2.07. The summed E-state index contributed by atoms with van der Waals surface area (Å²) in [5.74, 6) is 0. The quantitative estimate of drug-likeness (QED) is 0.435. The van der Waals surface area contributed by atoms with Gasteiger partial charge in [-0.05, 0) is 0 Å². The van der Waals surface area contributed by atoms with Crippen molar-refractivity contribution in [2.75, 3.05) is 13.2 Å². The predicted octanol–water partition coefficient (Wildman–Crippen LogP) is -0.843. The lowest BCUT2D eigenvalue weighted by Crippen LogP contribution is -2.41. The second kappa shape index (κ2) is 2.65. The van der Waals surface area contributed by atoms with E-state index in [1.807, 2.05) is 0 Å². The summed E-state index contributed by atoms with van der Waals surface area (Å²) in [6.45, 7) is 1.26. The van der Waals surface area contributed by atoms with E-state index in [-0.39, 0.29) is 0 Å². The molecule has 0 radical (unpaired) electrons. The number of hydrogen-bond acceptors (Lipinski definition) is 3. The molecular formula is C4H8N2O3. The smallest absolute Gasteiger partial charge is 0.407 e. The maximum absolute atomic E-state index is 9.92. The highest BCUT2D eigenvalue weighted by Gasteiger charge is 2.14. The molecule has 1 unspecified atom stereocenters. The van der Waals surface area contributed by atoms with Crippen LogP contribution in [0.5, 0.6) is 0 Å². The minimum atomic E-state index is -1.07. The van der Waals surface area contributed by atoms with E-state index in [0.717, 1.165) is 0 Å². The number of carbonyl (C=O) groups is 1. The molecule has 0 aromatic carbocycles. The second-order valence-corrected chi connectivity index (χ2v) is 1.65. The SMILES string of the molecule is O=C(O)NC1NCCO1. The Morgan fingerprint density at radius 1 is 1.89 bits per heavy atom. The minimum Gasteiger partial charge on any atom is -0.465 e. The molecule has 5 heteroatoms. The molecule has 1 amide bonds. The molecule has 52 valence electrons. The Morgan fingerprint density at radius 2 is 2.67 bits per heavy atom. The maximum Gasteiger partial charge on any atom is 0.407 e. The number of nitrogens with one attached hydrogen (secondary N) is 2. The van der Waals surface area contributed by atoms with Gasteiger partial charge in [0.1, 0.15) is 0 Å². The lowest BCUT2D eigenvalue weighted by molar-refractivity contribution is 0.0717. The number of hydrogen-bond donors (Lipinski definition) is 3. The van der Waals surface area contributed by atoms with Gasteiger partial charge >= 0.3 is 6.09 Å². The van der Waals surface area contributed by atoms with Crippen LogP contribution in [0.2, 0.25) is 0 Å². The third-order valence-electron chi connectivity index (χ3n) is 0.971. The first-order valence-electron chi connectivity index (χ1n) is 2.63. The Morgan fingerprint density at radius 3 is 3.11 bits per heavy atom. The zero-order chi connectivity index (χ0) is 6.69. The van der Waals surface area contributed by atoms with E-state index in [4.69, 9.17) is 9.84 Å². The molecule has 9 heavy (non-hydrogen) atoms. The minimum absolute atomic E-state index is 0.512. The van der Waals surface area contributed by atoms with E-state index in [1.54, 1.807) is 0 Å². The molecule has 1 saturated heterocycles. The fourth-order valence-electron chi connectivity index (χ4n) is 0.631. The Labute approximate surface area is 52.0 Å². The highest BCUT2D eigenvalue weighted by molar-refractivity contribution is 5.64. The Kier molecular flexibility index (Phi) is 1.86. The summed E-state index contributed by atoms with van der Waals surface area (Å²) < 4.78 is 4.86. The summed E-state index contributed by atoms with van der Waals surface area (Å²) in [5, 5.41) is 13.0. The van der Waals surface area contributed by atoms with Gasteiger partial charge in [-0.3, -0.25) is 10.6 Å². The third kappa shape index (κ3) is 1.87. The molecule has 0 aromatic rings. The average Bonchev–Trinajstić information content (AvgIpc) is 2.15. The molecule has 0 aliphatic carbocycles. The van der Waals surface area contributed by atoms with Crippen LogP contribution in [-0.4, -0.2) is 30.7 Å². The zero-order valence-electron chi connectivity index (χ0n) is 4.76. The van der Waals surface area contributed by atoms with Crippen molar-refractivity contribution in [3.8, 4) is 0 Å². The summed E-state index contributed by atoms with van der Waals surface area (Å²) in [7, 11) is 0. The zero-order valence-corrected chi connectivity index (χ0v) is 4.76. The van der Waals surface area contributed by atoms with Crippen LogP contribution in [0.4, 0.5) is 4.79 Å². The molecule has 0 saturated carbocycles. The van der Waals surface area contributed by atoms with Gasteiger partial charge in [-0.2, -0.15) is 0 Å². The van der Waals surface area contributed by atoms with Crippen molar-refractivity contribution in [2.24, 2.45) is 0 Å². The van der Waals surface area contributed by atoms with Crippen LogP contribution < -0.4 is 10.6 Å². The van der Waals surface area contributed by atoms with E-state index < -0.39 is 12.4 Å². The third-order valence-corrected chi connectivity index (χ3v) is 0.971. The van der Waals surface area contributed by atoms with E-state index in [2.05, 4.69) is 10.6 Å². The normalized spacial score (nSPS) is 26.0. The predicted molar refractivity (Wildman–Crippen MR) is 28.9 cm³/mol. The summed E-state index contributed by atoms with van der Waals surface area (Å²) in [4.78, 5) is 9.92. The summed E-state index contributed by atoms with van der Waals surface area (Å²) in [5.41, 5.74) is 0. The molecule has 1 heterocycles. The van der Waals surface area contributed by atoms with E-state index in [0.29, 0.717) is 13.2 Å². The van der Waals surface area contributed by atoms with Crippen molar-refractivity contribution in [1.29, 1.82) is 0 Å². The molecule has 3 N–H and O–H groups in total. The molecule has 5 nitrogen and oxygen atoms in total. The number of amides is 1. The van der Waals surface area contributed by atoms with Crippen LogP contribution in [0, 0.1) is 0 Å². The lowest BCUT2D eigenvalue weighted by atomic mass is 10.7. The number of carboxylic acid groups (broad SMARTS) is 1. The van der Waals surface area contributed by atoms with Crippen LogP contribution >= 0.6 is 0 Å².